The van der Waals surface area contributed by atoms with E-state index in [1.807, 2.05) is 0 Å². The van der Waals surface area contributed by atoms with Crippen LogP contribution in [0.3, 0.4) is 0 Å². The second kappa shape index (κ2) is 6.44. The van der Waals surface area contributed by atoms with Crippen molar-refractivity contribution in [1.29, 1.82) is 0 Å². The van der Waals surface area contributed by atoms with Crippen molar-refractivity contribution in [2.24, 2.45) is 0 Å². The molecule has 2 N–H and O–H groups in total. The summed E-state index contributed by atoms with van der Waals surface area (Å²) in [6.07, 6.45) is 0. The van der Waals surface area contributed by atoms with Gasteiger partial charge in [0.2, 0.25) is 0 Å². The van der Waals surface area contributed by atoms with E-state index < -0.39 is 24.0 Å². The van der Waals surface area contributed by atoms with Crippen LogP contribution in [0.4, 0.5) is 0 Å². The molecule has 1 fully saturated rings. The standard InChI is InChI=1S/C10H18N2O4/c1-3-15-9(13)7-8(10(14)16-4-2)12-6-5-11-7/h7-8,11-12H,3-6H2,1-2H3/t7-,8-/m1/s1. The number of rotatable bonds is 4. The molecule has 6 heteroatoms. The number of piperazine rings is 1. The molecule has 1 aliphatic rings. The molecule has 0 aliphatic carbocycles. The maximum atomic E-state index is 11.6. The van der Waals surface area contributed by atoms with Crippen molar-refractivity contribution in [3.05, 3.63) is 0 Å². The minimum Gasteiger partial charge on any atom is -0.465 e. The van der Waals surface area contributed by atoms with E-state index >= 15 is 0 Å². The first-order valence-corrected chi connectivity index (χ1v) is 5.50. The Morgan fingerprint density at radius 2 is 1.38 bits per heavy atom. The quantitative estimate of drug-likeness (QED) is 0.606. The van der Waals surface area contributed by atoms with Crippen molar-refractivity contribution in [3.63, 3.8) is 0 Å². The molecule has 1 saturated heterocycles. The Hall–Kier alpha value is -1.14. The van der Waals surface area contributed by atoms with Crippen LogP contribution < -0.4 is 10.6 Å². The zero-order valence-corrected chi connectivity index (χ0v) is 9.62. The van der Waals surface area contributed by atoms with E-state index in [1.165, 1.54) is 0 Å². The van der Waals surface area contributed by atoms with E-state index in [-0.39, 0.29) is 0 Å². The van der Waals surface area contributed by atoms with E-state index in [2.05, 4.69) is 10.6 Å². The molecule has 0 radical (unpaired) electrons. The number of ether oxygens (including phenoxy) is 2. The monoisotopic (exact) mass is 230 g/mol. The predicted octanol–water partition coefficient (Wildman–Crippen LogP) is -0.957. The molecule has 0 amide bonds. The Labute approximate surface area is 94.7 Å². The zero-order valence-electron chi connectivity index (χ0n) is 9.62. The summed E-state index contributed by atoms with van der Waals surface area (Å²) in [5, 5.41) is 5.91. The highest BCUT2D eigenvalue weighted by molar-refractivity contribution is 5.87. The van der Waals surface area contributed by atoms with Gasteiger partial charge in [0, 0.05) is 13.1 Å². The first-order chi connectivity index (χ1) is 7.70. The predicted molar refractivity (Wildman–Crippen MR) is 56.8 cm³/mol. The van der Waals surface area contributed by atoms with Crippen molar-refractivity contribution < 1.29 is 19.1 Å². The SMILES string of the molecule is CCOC(=O)[C@@H]1NCCN[C@H]1C(=O)OCC. The van der Waals surface area contributed by atoms with Crippen LogP contribution in [0.25, 0.3) is 0 Å². The summed E-state index contributed by atoms with van der Waals surface area (Å²) in [5.41, 5.74) is 0. The average molecular weight is 230 g/mol. The number of esters is 2. The van der Waals surface area contributed by atoms with Gasteiger partial charge in [-0.2, -0.15) is 0 Å². The normalized spacial score (nSPS) is 24.9. The van der Waals surface area contributed by atoms with Gasteiger partial charge in [-0.3, -0.25) is 9.59 Å². The van der Waals surface area contributed by atoms with Gasteiger partial charge in [-0.25, -0.2) is 0 Å². The third-order valence-corrected chi connectivity index (χ3v) is 2.27. The van der Waals surface area contributed by atoms with Crippen molar-refractivity contribution in [3.8, 4) is 0 Å². The summed E-state index contributed by atoms with van der Waals surface area (Å²) >= 11 is 0. The molecule has 92 valence electrons. The zero-order chi connectivity index (χ0) is 12.0. The van der Waals surface area contributed by atoms with Crippen LogP contribution in [0.15, 0.2) is 0 Å². The summed E-state index contributed by atoms with van der Waals surface area (Å²) in [6, 6.07) is -1.32. The molecule has 0 aromatic rings. The molecule has 0 aromatic heterocycles. The van der Waals surface area contributed by atoms with Crippen LogP contribution in [0.2, 0.25) is 0 Å². The van der Waals surface area contributed by atoms with E-state index in [4.69, 9.17) is 9.47 Å². The molecule has 1 rings (SSSR count). The minimum absolute atomic E-state index is 0.298. The number of carbonyl (C=O) groups excluding carboxylic acids is 2. The van der Waals surface area contributed by atoms with Crippen LogP contribution >= 0.6 is 0 Å². The van der Waals surface area contributed by atoms with E-state index in [9.17, 15) is 9.59 Å². The Morgan fingerprint density at radius 1 is 1.00 bits per heavy atom. The third kappa shape index (κ3) is 3.18. The van der Waals surface area contributed by atoms with Crippen molar-refractivity contribution in [2.45, 2.75) is 25.9 Å². The molecule has 0 spiro atoms. The molecule has 1 heterocycles. The van der Waals surface area contributed by atoms with Crippen LogP contribution in [0, 0.1) is 0 Å². The highest BCUT2D eigenvalue weighted by Crippen LogP contribution is 2.03. The Morgan fingerprint density at radius 3 is 1.69 bits per heavy atom. The molecule has 1 aliphatic heterocycles. The molecular weight excluding hydrogens is 212 g/mol. The summed E-state index contributed by atoms with van der Waals surface area (Å²) in [7, 11) is 0. The lowest BCUT2D eigenvalue weighted by Gasteiger charge is -2.30. The molecular formula is C10H18N2O4. The molecule has 2 atom stereocenters. The fourth-order valence-electron chi connectivity index (χ4n) is 1.59. The van der Waals surface area contributed by atoms with Crippen LogP contribution in [0.1, 0.15) is 13.8 Å². The summed E-state index contributed by atoms with van der Waals surface area (Å²) in [5.74, 6) is -0.847. The van der Waals surface area contributed by atoms with E-state index in [0.29, 0.717) is 26.3 Å². The first kappa shape index (κ1) is 12.9. The lowest BCUT2D eigenvalue weighted by Crippen LogP contribution is -2.63. The number of nitrogens with one attached hydrogen (secondary N) is 2. The van der Waals surface area contributed by atoms with Gasteiger partial charge in [0.1, 0.15) is 12.1 Å². The lowest BCUT2D eigenvalue weighted by atomic mass is 10.1. The molecule has 6 nitrogen and oxygen atoms in total. The summed E-state index contributed by atoms with van der Waals surface area (Å²) < 4.78 is 9.78. The van der Waals surface area contributed by atoms with Crippen LogP contribution in [-0.2, 0) is 19.1 Å². The fourth-order valence-corrected chi connectivity index (χ4v) is 1.59. The van der Waals surface area contributed by atoms with Crippen molar-refractivity contribution in [2.75, 3.05) is 26.3 Å². The second-order valence-electron chi connectivity index (χ2n) is 3.37. The number of hydrogen-bond donors (Lipinski definition) is 2. The van der Waals surface area contributed by atoms with Crippen molar-refractivity contribution in [1.82, 2.24) is 10.6 Å². The van der Waals surface area contributed by atoms with Crippen molar-refractivity contribution >= 4 is 11.9 Å². The maximum Gasteiger partial charge on any atom is 0.325 e. The second-order valence-corrected chi connectivity index (χ2v) is 3.37. The largest absolute Gasteiger partial charge is 0.465 e. The topological polar surface area (TPSA) is 76.7 Å². The first-order valence-electron chi connectivity index (χ1n) is 5.50. The molecule has 16 heavy (non-hydrogen) atoms. The van der Waals surface area contributed by atoms with Gasteiger partial charge in [0.05, 0.1) is 13.2 Å². The van der Waals surface area contributed by atoms with Gasteiger partial charge in [-0.15, -0.1) is 0 Å². The van der Waals surface area contributed by atoms with Gasteiger partial charge < -0.3 is 20.1 Å². The Bertz CT molecular complexity index is 231. The average Bonchev–Trinajstić information content (AvgIpc) is 2.30. The summed E-state index contributed by atoms with van der Waals surface area (Å²) in [6.45, 7) is 5.30. The molecule has 0 bridgehead atoms. The van der Waals surface area contributed by atoms with Gasteiger partial charge >= 0.3 is 11.9 Å². The van der Waals surface area contributed by atoms with Gasteiger partial charge in [-0.1, -0.05) is 0 Å². The maximum absolute atomic E-state index is 11.6. The molecule has 0 aromatic carbocycles. The van der Waals surface area contributed by atoms with E-state index in [0.717, 1.165) is 0 Å². The van der Waals surface area contributed by atoms with E-state index in [1.54, 1.807) is 13.8 Å². The lowest BCUT2D eigenvalue weighted by molar-refractivity contribution is -0.155. The smallest absolute Gasteiger partial charge is 0.325 e. The third-order valence-electron chi connectivity index (χ3n) is 2.27. The van der Waals surface area contributed by atoms with Gasteiger partial charge in [0.15, 0.2) is 0 Å². The van der Waals surface area contributed by atoms with Crippen LogP contribution in [-0.4, -0.2) is 50.3 Å². The summed E-state index contributed by atoms with van der Waals surface area (Å²) in [4.78, 5) is 23.2. The number of carbonyl (C=O) groups is 2. The highest BCUT2D eigenvalue weighted by atomic mass is 16.5. The van der Waals surface area contributed by atoms with Crippen LogP contribution in [0.5, 0.6) is 0 Å². The molecule has 0 unspecified atom stereocenters. The molecule has 0 saturated carbocycles. The fraction of sp³-hybridized carbons (Fsp3) is 0.800. The Kier molecular flexibility index (Phi) is 5.21. The highest BCUT2D eigenvalue weighted by Gasteiger charge is 2.37. The number of hydrogen-bond acceptors (Lipinski definition) is 6. The van der Waals surface area contributed by atoms with Gasteiger partial charge in [0.25, 0.3) is 0 Å². The Balaban J connectivity index is 2.63. The minimum atomic E-state index is -0.659. The van der Waals surface area contributed by atoms with Gasteiger partial charge in [-0.05, 0) is 13.8 Å².